The predicted octanol–water partition coefficient (Wildman–Crippen LogP) is 14.3. The number of hydrogen-bond donors (Lipinski definition) is 2. The number of aryl methyl sites for hydroxylation is 10. The third-order valence-corrected chi connectivity index (χ3v) is 15.8. The number of carbonyl (C=O) groups excluding carboxylic acids is 3. The maximum atomic E-state index is 12.2. The van der Waals surface area contributed by atoms with E-state index in [1.165, 1.54) is 95.6 Å². The van der Waals surface area contributed by atoms with Crippen LogP contribution in [0.5, 0.6) is 11.5 Å². The smallest absolute Gasteiger partial charge is 0.309 e. The van der Waals surface area contributed by atoms with E-state index in [1.807, 2.05) is 0 Å². The van der Waals surface area contributed by atoms with Crippen molar-refractivity contribution in [1.29, 1.82) is 0 Å². The first-order valence-corrected chi connectivity index (χ1v) is 26.8. The van der Waals surface area contributed by atoms with E-state index in [2.05, 4.69) is 176 Å². The molecule has 3 fully saturated rings. The molecule has 5 atom stereocenters. The van der Waals surface area contributed by atoms with E-state index in [1.54, 1.807) is 6.07 Å². The topological polar surface area (TPSA) is 119 Å². The van der Waals surface area contributed by atoms with Gasteiger partial charge in [0, 0.05) is 29.5 Å². The van der Waals surface area contributed by atoms with Gasteiger partial charge in [0.2, 0.25) is 0 Å². The average molecular weight is 1050 g/mol. The molecule has 9 rings (SSSR count). The Labute approximate surface area is 442 Å². The molecule has 3 heterocycles. The highest BCUT2D eigenvalue weighted by Crippen LogP contribution is 2.35. The molecule has 3 aliphatic rings. The molecule has 3 saturated heterocycles. The second kappa shape index (κ2) is 26.2. The minimum Gasteiger partial charge on any atom is -0.504 e. The number of esters is 3. The Bertz CT molecular complexity index is 2740. The van der Waals surface area contributed by atoms with Gasteiger partial charge in [0.1, 0.15) is 0 Å². The molecule has 3 aliphatic heterocycles. The molecule has 0 aromatic heterocycles. The molecule has 2 unspecified atom stereocenters. The highest BCUT2D eigenvalue weighted by molar-refractivity contribution is 9.08. The van der Waals surface area contributed by atoms with Gasteiger partial charge in [-0.1, -0.05) is 113 Å². The number of rotatable bonds is 8. The van der Waals surface area contributed by atoms with Gasteiger partial charge < -0.3 is 24.4 Å². The number of aromatic hydroxyl groups is 2. The van der Waals surface area contributed by atoms with Crippen LogP contribution in [0.2, 0.25) is 0 Å². The molecule has 0 bridgehead atoms. The van der Waals surface area contributed by atoms with E-state index in [4.69, 9.17) is 14.2 Å². The molecular weight excluding hydrogens is 977 g/mol. The predicted molar refractivity (Wildman–Crippen MR) is 296 cm³/mol. The Morgan fingerprint density at radius 1 is 0.425 bits per heavy atom. The fourth-order valence-electron chi connectivity index (χ4n) is 9.46. The first-order valence-electron chi connectivity index (χ1n) is 25.7. The van der Waals surface area contributed by atoms with E-state index in [0.717, 1.165) is 36.6 Å². The van der Waals surface area contributed by atoms with Crippen molar-refractivity contribution in [2.24, 2.45) is 11.8 Å². The SMILES string of the molecule is Cc1ccc(CBr)cc1C.Cc1ccc(CC2C[C@@H](c3ccc(C)c(C)c3)COC2=O)cc1C.Cc1ccc([C@@H]2CCC(=O)OC2)cc1C.Cc1ccc([C@H]2COC(=O)C(Cc3ccc(O)c(O)c3)C2)cc1C. The van der Waals surface area contributed by atoms with Crippen LogP contribution in [0.3, 0.4) is 0 Å². The first kappa shape index (κ1) is 56.1. The fourth-order valence-corrected chi connectivity index (χ4v) is 9.81. The highest BCUT2D eigenvalue weighted by atomic mass is 79.9. The summed E-state index contributed by atoms with van der Waals surface area (Å²) in [7, 11) is 0. The summed E-state index contributed by atoms with van der Waals surface area (Å²) >= 11 is 3.42. The van der Waals surface area contributed by atoms with Crippen molar-refractivity contribution >= 4 is 33.8 Å². The lowest BCUT2D eigenvalue weighted by Gasteiger charge is -2.29. The molecule has 2 N–H and O–H groups in total. The molecule has 9 heteroatoms. The van der Waals surface area contributed by atoms with Crippen LogP contribution in [0.1, 0.15) is 132 Å². The lowest BCUT2D eigenvalue weighted by Crippen LogP contribution is -2.31. The molecule has 0 amide bonds. The van der Waals surface area contributed by atoms with Crippen LogP contribution >= 0.6 is 15.9 Å². The van der Waals surface area contributed by atoms with E-state index < -0.39 is 0 Å². The van der Waals surface area contributed by atoms with Crippen LogP contribution in [-0.4, -0.2) is 47.9 Å². The standard InChI is InChI=1S/C22H26O2.C20H22O4.C13H16O2.C9H11Br/c1-14-5-7-18(9-16(14)3)11-20-12-21(13-24-22(20)23)19-8-6-15(2)17(4)10-19;1-12-3-5-15(7-13(12)2)17-10-16(20(23)24-11-17)8-14-4-6-18(21)19(22)9-14;1-9-3-4-11(7-10(9)2)12-5-6-13(14)15-8-12;1-7-3-4-9(6-10)5-8(7)2/h5-10,20-21H,11-13H2,1-4H3;3-7,9,16-17,21-22H,8,10-11H2,1-2H3;3-4,7,12H,5-6,8H2,1-2H3;3-5H,6H2,1-2H3/t20?,21-;16?,17-;12-;/m111./s1. The Morgan fingerprint density at radius 2 is 0.795 bits per heavy atom. The number of ether oxygens (including phenoxy) is 3. The third-order valence-electron chi connectivity index (χ3n) is 15.1. The Balaban J connectivity index is 0.000000167. The van der Waals surface area contributed by atoms with Crippen molar-refractivity contribution < 1.29 is 38.8 Å². The quantitative estimate of drug-likeness (QED) is 0.0670. The van der Waals surface area contributed by atoms with E-state index >= 15 is 0 Å². The summed E-state index contributed by atoms with van der Waals surface area (Å²) in [4.78, 5) is 35.3. The van der Waals surface area contributed by atoms with Gasteiger partial charge in [0.05, 0.1) is 31.7 Å². The largest absolute Gasteiger partial charge is 0.504 e. The van der Waals surface area contributed by atoms with Crippen LogP contribution in [0.4, 0.5) is 0 Å². The molecule has 386 valence electrons. The van der Waals surface area contributed by atoms with Crippen molar-refractivity contribution in [3.8, 4) is 11.5 Å². The van der Waals surface area contributed by atoms with E-state index in [-0.39, 0.29) is 47.2 Å². The number of cyclic esters (lactones) is 3. The summed E-state index contributed by atoms with van der Waals surface area (Å²) in [6, 6.07) is 37.1. The van der Waals surface area contributed by atoms with Gasteiger partial charge in [-0.05, 0) is 202 Å². The van der Waals surface area contributed by atoms with Gasteiger partial charge in [-0.15, -0.1) is 0 Å². The summed E-state index contributed by atoms with van der Waals surface area (Å²) < 4.78 is 16.0. The number of halogens is 1. The maximum Gasteiger partial charge on any atom is 0.309 e. The van der Waals surface area contributed by atoms with Crippen molar-refractivity contribution in [2.75, 3.05) is 19.8 Å². The molecule has 8 nitrogen and oxygen atoms in total. The van der Waals surface area contributed by atoms with Crippen LogP contribution in [0, 0.1) is 81.1 Å². The van der Waals surface area contributed by atoms with E-state index in [9.17, 15) is 24.6 Å². The van der Waals surface area contributed by atoms with Gasteiger partial charge in [-0.2, -0.15) is 0 Å². The van der Waals surface area contributed by atoms with Gasteiger partial charge >= 0.3 is 17.9 Å². The number of carbonyl (C=O) groups is 3. The summed E-state index contributed by atoms with van der Waals surface area (Å²) in [5.41, 5.74) is 20.2. The zero-order valence-electron chi connectivity index (χ0n) is 44.6. The number of phenolic OH excluding ortho intramolecular Hbond substituents is 2. The normalized spacial score (nSPS) is 19.3. The number of alkyl halides is 1. The Kier molecular flexibility index (Phi) is 20.1. The third kappa shape index (κ3) is 15.9. The highest BCUT2D eigenvalue weighted by Gasteiger charge is 2.33. The average Bonchev–Trinajstić information content (AvgIpc) is 3.37. The summed E-state index contributed by atoms with van der Waals surface area (Å²) in [5.74, 6) is -0.0218. The molecule has 0 radical (unpaired) electrons. The second-order valence-electron chi connectivity index (χ2n) is 20.7. The molecule has 0 aliphatic carbocycles. The summed E-state index contributed by atoms with van der Waals surface area (Å²) in [6.45, 7) is 22.6. The number of phenols is 2. The second-order valence-corrected chi connectivity index (χ2v) is 21.2. The molecule has 0 saturated carbocycles. The van der Waals surface area contributed by atoms with Crippen LogP contribution in [0.15, 0.2) is 109 Å². The lowest BCUT2D eigenvalue weighted by molar-refractivity contribution is -0.154. The molecular formula is C64H75BrO8. The van der Waals surface area contributed by atoms with Crippen molar-refractivity contribution in [3.63, 3.8) is 0 Å². The van der Waals surface area contributed by atoms with Crippen LogP contribution in [-0.2, 0) is 46.8 Å². The zero-order chi connectivity index (χ0) is 52.9. The zero-order valence-corrected chi connectivity index (χ0v) is 46.2. The number of benzene rings is 6. The van der Waals surface area contributed by atoms with E-state index in [0.29, 0.717) is 44.5 Å². The van der Waals surface area contributed by atoms with Crippen LogP contribution in [0.25, 0.3) is 0 Å². The monoisotopic (exact) mass is 1050 g/mol. The molecule has 0 spiro atoms. The van der Waals surface area contributed by atoms with Gasteiger partial charge in [-0.25, -0.2) is 0 Å². The first-order chi connectivity index (χ1) is 34.8. The summed E-state index contributed by atoms with van der Waals surface area (Å²) in [5, 5.41) is 20.0. The summed E-state index contributed by atoms with van der Waals surface area (Å²) in [6.07, 6.45) is 4.32. The van der Waals surface area contributed by atoms with Crippen molar-refractivity contribution in [3.05, 3.63) is 198 Å². The molecule has 73 heavy (non-hydrogen) atoms. The Hall–Kier alpha value is -6.19. The minimum atomic E-state index is -0.241. The maximum absolute atomic E-state index is 12.2. The Morgan fingerprint density at radius 3 is 1.19 bits per heavy atom. The minimum absolute atomic E-state index is 0.0479. The van der Waals surface area contributed by atoms with Gasteiger partial charge in [-0.3, -0.25) is 14.4 Å². The lowest BCUT2D eigenvalue weighted by atomic mass is 9.83. The molecule has 6 aromatic carbocycles. The fraction of sp³-hybridized carbons (Fsp3) is 0.391. The number of hydrogen-bond acceptors (Lipinski definition) is 8. The van der Waals surface area contributed by atoms with Crippen molar-refractivity contribution in [1.82, 2.24) is 0 Å². The van der Waals surface area contributed by atoms with Crippen molar-refractivity contribution in [2.45, 2.75) is 131 Å². The van der Waals surface area contributed by atoms with Gasteiger partial charge in [0.25, 0.3) is 0 Å². The van der Waals surface area contributed by atoms with Gasteiger partial charge in [0.15, 0.2) is 11.5 Å². The van der Waals surface area contributed by atoms with Crippen LogP contribution < -0.4 is 0 Å². The molecule has 6 aromatic rings.